The number of benzene rings is 1. The van der Waals surface area contributed by atoms with Crippen LogP contribution in [0.3, 0.4) is 0 Å². The number of hydrogen-bond donors (Lipinski definition) is 2. The first-order valence-electron chi connectivity index (χ1n) is 7.81. The van der Waals surface area contributed by atoms with Gasteiger partial charge in [-0.15, -0.1) is 0 Å². The lowest BCUT2D eigenvalue weighted by atomic mass is 10.2. The monoisotopic (exact) mass is 328 g/mol. The number of aromatic nitrogens is 3. The molecular weight excluding hydrogens is 308 g/mol. The average molecular weight is 328 g/mol. The highest BCUT2D eigenvalue weighted by atomic mass is 16.5. The number of nitrogens with zero attached hydrogens (tertiary/aromatic N) is 3. The Kier molecular flexibility index (Phi) is 5.60. The van der Waals surface area contributed by atoms with Crippen LogP contribution in [0.1, 0.15) is 5.56 Å². The molecule has 0 bridgehead atoms. The Balaban J connectivity index is 1.59. The van der Waals surface area contributed by atoms with E-state index in [2.05, 4.69) is 15.4 Å². The van der Waals surface area contributed by atoms with Crippen molar-refractivity contribution in [1.29, 1.82) is 0 Å². The molecule has 3 rings (SSSR count). The molecular formula is C17H20N4O3. The summed E-state index contributed by atoms with van der Waals surface area (Å²) in [5, 5.41) is 16.0. The van der Waals surface area contributed by atoms with Gasteiger partial charge in [0.2, 0.25) is 5.88 Å². The van der Waals surface area contributed by atoms with Gasteiger partial charge in [0.1, 0.15) is 18.7 Å². The molecule has 0 atom stereocenters. The number of hydrogen-bond acceptors (Lipinski definition) is 6. The minimum absolute atomic E-state index is 0.114. The summed E-state index contributed by atoms with van der Waals surface area (Å²) in [5.74, 6) is 1.17. The summed E-state index contributed by atoms with van der Waals surface area (Å²) in [7, 11) is 0. The smallest absolute Gasteiger partial charge is 0.232 e. The van der Waals surface area contributed by atoms with Gasteiger partial charge in [0.25, 0.3) is 0 Å². The van der Waals surface area contributed by atoms with Gasteiger partial charge in [-0.25, -0.2) is 9.50 Å². The molecule has 0 radical (unpaired) electrons. The van der Waals surface area contributed by atoms with Crippen LogP contribution in [0.5, 0.6) is 11.6 Å². The van der Waals surface area contributed by atoms with Crippen LogP contribution in [-0.2, 0) is 6.61 Å². The summed E-state index contributed by atoms with van der Waals surface area (Å²) >= 11 is 0. The normalized spacial score (nSPS) is 10.9. The van der Waals surface area contributed by atoms with Crippen LogP contribution in [0.15, 0.2) is 48.9 Å². The van der Waals surface area contributed by atoms with Crippen LogP contribution in [0.4, 0.5) is 0 Å². The SMILES string of the molecule is OCCNCCOc1cn2ncc(OCc3ccccc3)c2cn1. The van der Waals surface area contributed by atoms with E-state index in [1.807, 2.05) is 30.3 Å². The van der Waals surface area contributed by atoms with Gasteiger partial charge in [-0.1, -0.05) is 30.3 Å². The van der Waals surface area contributed by atoms with Gasteiger partial charge in [-0.2, -0.15) is 5.10 Å². The van der Waals surface area contributed by atoms with Crippen molar-refractivity contribution >= 4 is 5.52 Å². The molecule has 0 unspecified atom stereocenters. The molecule has 0 spiro atoms. The largest absolute Gasteiger partial charge is 0.485 e. The third kappa shape index (κ3) is 4.21. The van der Waals surface area contributed by atoms with E-state index in [9.17, 15) is 0 Å². The van der Waals surface area contributed by atoms with E-state index >= 15 is 0 Å². The maximum atomic E-state index is 8.68. The van der Waals surface area contributed by atoms with Crippen LogP contribution in [0.25, 0.3) is 5.52 Å². The maximum absolute atomic E-state index is 8.68. The van der Waals surface area contributed by atoms with Crippen molar-refractivity contribution in [1.82, 2.24) is 19.9 Å². The Bertz CT molecular complexity index is 761. The fraction of sp³-hybridized carbons (Fsp3) is 0.294. The Labute approximate surface area is 139 Å². The first kappa shape index (κ1) is 16.2. The van der Waals surface area contributed by atoms with Crippen molar-refractivity contribution in [2.45, 2.75) is 6.61 Å². The Morgan fingerprint density at radius 3 is 2.79 bits per heavy atom. The van der Waals surface area contributed by atoms with Crippen molar-refractivity contribution in [2.24, 2.45) is 0 Å². The molecule has 0 fully saturated rings. The van der Waals surface area contributed by atoms with E-state index in [0.29, 0.717) is 37.9 Å². The molecule has 7 nitrogen and oxygen atoms in total. The lowest BCUT2D eigenvalue weighted by Gasteiger charge is -2.07. The highest BCUT2D eigenvalue weighted by molar-refractivity contribution is 5.57. The van der Waals surface area contributed by atoms with Crippen molar-refractivity contribution in [3.63, 3.8) is 0 Å². The predicted molar refractivity (Wildman–Crippen MR) is 89.2 cm³/mol. The summed E-state index contributed by atoms with van der Waals surface area (Å²) < 4.78 is 13.0. The zero-order chi connectivity index (χ0) is 16.6. The quantitative estimate of drug-likeness (QED) is 0.576. The summed E-state index contributed by atoms with van der Waals surface area (Å²) in [6.07, 6.45) is 5.08. The second kappa shape index (κ2) is 8.28. The molecule has 2 aromatic heterocycles. The standard InChI is InChI=1S/C17H20N4O3/c22-8-6-18-7-9-23-17-12-21-15(10-19-17)16(11-20-21)24-13-14-4-2-1-3-5-14/h1-5,10-12,18,22H,6-9,13H2. The minimum Gasteiger partial charge on any atom is -0.485 e. The Morgan fingerprint density at radius 2 is 1.96 bits per heavy atom. The van der Waals surface area contributed by atoms with Crippen LogP contribution in [0, 0.1) is 0 Å². The van der Waals surface area contributed by atoms with Crippen LogP contribution < -0.4 is 14.8 Å². The fourth-order valence-corrected chi connectivity index (χ4v) is 2.20. The minimum atomic E-state index is 0.114. The van der Waals surface area contributed by atoms with E-state index in [4.69, 9.17) is 14.6 Å². The topological polar surface area (TPSA) is 80.9 Å². The fourth-order valence-electron chi connectivity index (χ4n) is 2.20. The zero-order valence-corrected chi connectivity index (χ0v) is 13.3. The molecule has 0 aliphatic carbocycles. The molecule has 7 heteroatoms. The van der Waals surface area contributed by atoms with Gasteiger partial charge in [0, 0.05) is 13.1 Å². The van der Waals surface area contributed by atoms with Crippen molar-refractivity contribution in [3.05, 3.63) is 54.5 Å². The third-order valence-electron chi connectivity index (χ3n) is 3.40. The molecule has 2 heterocycles. The second-order valence-electron chi connectivity index (χ2n) is 5.16. The molecule has 126 valence electrons. The van der Waals surface area contributed by atoms with E-state index in [1.165, 1.54) is 0 Å². The van der Waals surface area contributed by atoms with E-state index in [1.54, 1.807) is 23.1 Å². The van der Waals surface area contributed by atoms with Crippen LogP contribution >= 0.6 is 0 Å². The molecule has 0 saturated heterocycles. The maximum Gasteiger partial charge on any atom is 0.232 e. The zero-order valence-electron chi connectivity index (χ0n) is 13.3. The first-order valence-corrected chi connectivity index (χ1v) is 7.81. The van der Waals surface area contributed by atoms with Crippen molar-refractivity contribution < 1.29 is 14.6 Å². The molecule has 24 heavy (non-hydrogen) atoms. The molecule has 0 saturated carbocycles. The van der Waals surface area contributed by atoms with E-state index in [-0.39, 0.29) is 6.61 Å². The molecule has 0 aliphatic heterocycles. The molecule has 1 aromatic carbocycles. The number of ether oxygens (including phenoxy) is 2. The second-order valence-corrected chi connectivity index (χ2v) is 5.16. The van der Waals surface area contributed by atoms with Crippen molar-refractivity contribution in [2.75, 3.05) is 26.3 Å². The number of nitrogens with one attached hydrogen (secondary N) is 1. The van der Waals surface area contributed by atoms with Gasteiger partial charge in [0.15, 0.2) is 5.75 Å². The predicted octanol–water partition coefficient (Wildman–Crippen LogP) is 1.27. The molecule has 3 aromatic rings. The Morgan fingerprint density at radius 1 is 1.08 bits per heavy atom. The number of aliphatic hydroxyl groups is 1. The van der Waals surface area contributed by atoms with Crippen LogP contribution in [-0.4, -0.2) is 46.0 Å². The van der Waals surface area contributed by atoms with Crippen LogP contribution in [0.2, 0.25) is 0 Å². The summed E-state index contributed by atoms with van der Waals surface area (Å²) in [4.78, 5) is 4.27. The summed E-state index contributed by atoms with van der Waals surface area (Å²) in [6.45, 7) is 2.26. The van der Waals surface area contributed by atoms with Crippen molar-refractivity contribution in [3.8, 4) is 11.6 Å². The van der Waals surface area contributed by atoms with Gasteiger partial charge < -0.3 is 19.9 Å². The lowest BCUT2D eigenvalue weighted by Crippen LogP contribution is -2.24. The summed E-state index contributed by atoms with van der Waals surface area (Å²) in [5.41, 5.74) is 1.89. The van der Waals surface area contributed by atoms with Gasteiger partial charge in [0.05, 0.1) is 25.2 Å². The first-order chi connectivity index (χ1) is 11.9. The van der Waals surface area contributed by atoms with Gasteiger partial charge in [-0.05, 0) is 5.56 Å². The van der Waals surface area contributed by atoms with E-state index in [0.717, 1.165) is 11.1 Å². The highest BCUT2D eigenvalue weighted by Crippen LogP contribution is 2.21. The number of fused-ring (bicyclic) bond motifs is 1. The number of aliphatic hydroxyl groups excluding tert-OH is 1. The molecule has 0 amide bonds. The average Bonchev–Trinajstić information content (AvgIpc) is 3.03. The van der Waals surface area contributed by atoms with Gasteiger partial charge in [-0.3, -0.25) is 0 Å². The lowest BCUT2D eigenvalue weighted by molar-refractivity contribution is 0.271. The molecule has 2 N–H and O–H groups in total. The Hall–Kier alpha value is -2.64. The highest BCUT2D eigenvalue weighted by Gasteiger charge is 2.07. The van der Waals surface area contributed by atoms with Gasteiger partial charge >= 0.3 is 0 Å². The molecule has 0 aliphatic rings. The van der Waals surface area contributed by atoms with E-state index < -0.39 is 0 Å². The summed E-state index contributed by atoms with van der Waals surface area (Å²) in [6, 6.07) is 9.97. The third-order valence-corrected chi connectivity index (χ3v) is 3.40. The number of rotatable bonds is 9.